The van der Waals surface area contributed by atoms with Crippen LogP contribution in [-0.4, -0.2) is 29.1 Å². The van der Waals surface area contributed by atoms with E-state index in [4.69, 9.17) is 5.11 Å². The van der Waals surface area contributed by atoms with Gasteiger partial charge in [-0.1, -0.05) is 29.8 Å². The molecule has 0 bridgehead atoms. The first-order chi connectivity index (χ1) is 8.15. The molecular formula is C14H17NO2. The molecule has 1 N–H and O–H groups in total. The van der Waals surface area contributed by atoms with E-state index in [0.717, 1.165) is 19.6 Å². The predicted molar refractivity (Wildman–Crippen MR) is 64.6 cm³/mol. The van der Waals surface area contributed by atoms with E-state index < -0.39 is 5.97 Å². The lowest BCUT2D eigenvalue weighted by molar-refractivity contribution is -0.139. The summed E-state index contributed by atoms with van der Waals surface area (Å²) in [5, 5.41) is 8.95. The maximum Gasteiger partial charge on any atom is 0.307 e. The van der Waals surface area contributed by atoms with E-state index in [9.17, 15) is 4.79 Å². The molecule has 1 aliphatic carbocycles. The molecule has 2 unspecified atom stereocenters. The number of aliphatic carboxylic acids is 1. The molecule has 1 saturated carbocycles. The van der Waals surface area contributed by atoms with Crippen molar-refractivity contribution in [1.29, 1.82) is 0 Å². The van der Waals surface area contributed by atoms with Gasteiger partial charge in [-0.2, -0.15) is 0 Å². The zero-order chi connectivity index (χ0) is 12.0. The molecule has 90 valence electrons. The Hall–Kier alpha value is -1.35. The Balaban J connectivity index is 1.58. The summed E-state index contributed by atoms with van der Waals surface area (Å²) in [5.41, 5.74) is 2.62. The summed E-state index contributed by atoms with van der Waals surface area (Å²) >= 11 is 0. The maximum atomic E-state index is 10.9. The van der Waals surface area contributed by atoms with Crippen LogP contribution in [0, 0.1) is 24.7 Å². The SMILES string of the molecule is Cc1cccc(CN2CC3C(C2)C3C(=O)O)c1. The Bertz CT molecular complexity index is 445. The lowest BCUT2D eigenvalue weighted by atomic mass is 10.1. The van der Waals surface area contributed by atoms with Crippen LogP contribution < -0.4 is 0 Å². The van der Waals surface area contributed by atoms with Gasteiger partial charge in [0.05, 0.1) is 5.92 Å². The monoisotopic (exact) mass is 231 g/mol. The number of likely N-dealkylation sites (tertiary alicyclic amines) is 1. The first-order valence-corrected chi connectivity index (χ1v) is 6.16. The third kappa shape index (κ3) is 1.95. The van der Waals surface area contributed by atoms with Crippen LogP contribution >= 0.6 is 0 Å². The fraction of sp³-hybridized carbons (Fsp3) is 0.500. The average molecular weight is 231 g/mol. The average Bonchev–Trinajstić information content (AvgIpc) is 2.77. The molecule has 1 saturated heterocycles. The number of hydrogen-bond acceptors (Lipinski definition) is 2. The Morgan fingerprint density at radius 1 is 1.41 bits per heavy atom. The highest BCUT2D eigenvalue weighted by molar-refractivity contribution is 5.74. The number of fused-ring (bicyclic) bond motifs is 1. The molecule has 2 aliphatic rings. The summed E-state index contributed by atoms with van der Waals surface area (Å²) in [7, 11) is 0. The van der Waals surface area contributed by atoms with E-state index in [1.54, 1.807) is 0 Å². The van der Waals surface area contributed by atoms with Crippen LogP contribution in [0.4, 0.5) is 0 Å². The van der Waals surface area contributed by atoms with Gasteiger partial charge in [0.25, 0.3) is 0 Å². The molecule has 1 aromatic rings. The normalized spacial score (nSPS) is 31.2. The van der Waals surface area contributed by atoms with Crippen molar-refractivity contribution in [3.05, 3.63) is 35.4 Å². The highest BCUT2D eigenvalue weighted by Crippen LogP contribution is 2.51. The summed E-state index contributed by atoms with van der Waals surface area (Å²) in [6.07, 6.45) is 0. The van der Waals surface area contributed by atoms with Crippen LogP contribution in [0.2, 0.25) is 0 Å². The van der Waals surface area contributed by atoms with Gasteiger partial charge < -0.3 is 5.11 Å². The van der Waals surface area contributed by atoms with Gasteiger partial charge in [0.1, 0.15) is 0 Å². The fourth-order valence-corrected chi connectivity index (χ4v) is 3.18. The van der Waals surface area contributed by atoms with Crippen LogP contribution in [0.25, 0.3) is 0 Å². The summed E-state index contributed by atoms with van der Waals surface area (Å²) in [6.45, 7) is 4.97. The standard InChI is InChI=1S/C14H17NO2/c1-9-3-2-4-10(5-9)6-15-7-11-12(8-15)13(11)14(16)17/h2-5,11-13H,6-8H2,1H3,(H,16,17). The van der Waals surface area contributed by atoms with E-state index in [2.05, 4.69) is 36.1 Å². The number of nitrogens with zero attached hydrogens (tertiary/aromatic N) is 1. The van der Waals surface area contributed by atoms with Gasteiger partial charge in [0.15, 0.2) is 0 Å². The largest absolute Gasteiger partial charge is 0.481 e. The van der Waals surface area contributed by atoms with Gasteiger partial charge in [-0.25, -0.2) is 0 Å². The molecular weight excluding hydrogens is 214 g/mol. The molecule has 0 spiro atoms. The lowest BCUT2D eigenvalue weighted by Gasteiger charge is -2.18. The topological polar surface area (TPSA) is 40.5 Å². The lowest BCUT2D eigenvalue weighted by Crippen LogP contribution is -2.25. The fourth-order valence-electron chi connectivity index (χ4n) is 3.18. The van der Waals surface area contributed by atoms with Gasteiger partial charge in [0, 0.05) is 19.6 Å². The van der Waals surface area contributed by atoms with Gasteiger partial charge in [0.2, 0.25) is 0 Å². The van der Waals surface area contributed by atoms with Gasteiger partial charge in [-0.15, -0.1) is 0 Å². The zero-order valence-electron chi connectivity index (χ0n) is 9.97. The number of benzene rings is 1. The van der Waals surface area contributed by atoms with Crippen molar-refractivity contribution in [2.45, 2.75) is 13.5 Å². The first-order valence-electron chi connectivity index (χ1n) is 6.16. The quantitative estimate of drug-likeness (QED) is 0.861. The van der Waals surface area contributed by atoms with E-state index in [1.807, 2.05) is 0 Å². The molecule has 0 aromatic heterocycles. The molecule has 3 heteroatoms. The van der Waals surface area contributed by atoms with E-state index in [1.165, 1.54) is 11.1 Å². The van der Waals surface area contributed by atoms with Crippen molar-refractivity contribution in [3.63, 3.8) is 0 Å². The highest BCUT2D eigenvalue weighted by atomic mass is 16.4. The van der Waals surface area contributed by atoms with Crippen molar-refractivity contribution in [3.8, 4) is 0 Å². The minimum absolute atomic E-state index is 0.0521. The van der Waals surface area contributed by atoms with Gasteiger partial charge in [-0.3, -0.25) is 9.69 Å². The molecule has 0 radical (unpaired) electrons. The van der Waals surface area contributed by atoms with Crippen LogP contribution in [0.15, 0.2) is 24.3 Å². The van der Waals surface area contributed by atoms with Crippen molar-refractivity contribution >= 4 is 5.97 Å². The number of carbonyl (C=O) groups is 1. The molecule has 1 heterocycles. The highest BCUT2D eigenvalue weighted by Gasteiger charge is 2.59. The Morgan fingerprint density at radius 3 is 2.71 bits per heavy atom. The summed E-state index contributed by atoms with van der Waals surface area (Å²) < 4.78 is 0. The molecule has 3 nitrogen and oxygen atoms in total. The Morgan fingerprint density at radius 2 is 2.12 bits per heavy atom. The summed E-state index contributed by atoms with van der Waals surface area (Å²) in [5.74, 6) is 0.175. The molecule has 17 heavy (non-hydrogen) atoms. The minimum Gasteiger partial charge on any atom is -0.481 e. The zero-order valence-corrected chi connectivity index (χ0v) is 9.97. The van der Waals surface area contributed by atoms with Crippen LogP contribution in [0.1, 0.15) is 11.1 Å². The molecule has 1 aromatic carbocycles. The summed E-state index contributed by atoms with van der Waals surface area (Å²) in [4.78, 5) is 13.2. The number of carboxylic acid groups (broad SMARTS) is 1. The molecule has 3 rings (SSSR count). The maximum absolute atomic E-state index is 10.9. The number of aryl methyl sites for hydroxylation is 1. The van der Waals surface area contributed by atoms with Crippen LogP contribution in [0.3, 0.4) is 0 Å². The molecule has 2 atom stereocenters. The van der Waals surface area contributed by atoms with Gasteiger partial charge in [-0.05, 0) is 24.3 Å². The third-order valence-corrected chi connectivity index (χ3v) is 4.04. The first kappa shape index (κ1) is 10.8. The van der Waals surface area contributed by atoms with E-state index in [0.29, 0.717) is 11.8 Å². The second-order valence-corrected chi connectivity index (χ2v) is 5.37. The third-order valence-electron chi connectivity index (χ3n) is 4.04. The summed E-state index contributed by atoms with van der Waals surface area (Å²) in [6, 6.07) is 8.54. The predicted octanol–water partition coefficient (Wildman–Crippen LogP) is 1.76. The Labute approximate surface area is 101 Å². The second-order valence-electron chi connectivity index (χ2n) is 5.37. The van der Waals surface area contributed by atoms with E-state index in [-0.39, 0.29) is 5.92 Å². The van der Waals surface area contributed by atoms with Crippen molar-refractivity contribution in [1.82, 2.24) is 4.90 Å². The Kier molecular flexibility index (Phi) is 2.44. The smallest absolute Gasteiger partial charge is 0.307 e. The van der Waals surface area contributed by atoms with Crippen LogP contribution in [-0.2, 0) is 11.3 Å². The molecule has 0 amide bonds. The van der Waals surface area contributed by atoms with Crippen molar-refractivity contribution < 1.29 is 9.90 Å². The number of carboxylic acids is 1. The van der Waals surface area contributed by atoms with Gasteiger partial charge >= 0.3 is 5.97 Å². The minimum atomic E-state index is -0.602. The van der Waals surface area contributed by atoms with E-state index >= 15 is 0 Å². The van der Waals surface area contributed by atoms with Crippen molar-refractivity contribution in [2.24, 2.45) is 17.8 Å². The number of piperidine rings is 1. The second kappa shape index (κ2) is 3.84. The van der Waals surface area contributed by atoms with Crippen molar-refractivity contribution in [2.75, 3.05) is 13.1 Å². The number of hydrogen-bond donors (Lipinski definition) is 1. The number of rotatable bonds is 3. The molecule has 2 fully saturated rings. The molecule has 1 aliphatic heterocycles. The van der Waals surface area contributed by atoms with Crippen LogP contribution in [0.5, 0.6) is 0 Å².